The summed E-state index contributed by atoms with van der Waals surface area (Å²) in [4.78, 5) is 16.2. The summed E-state index contributed by atoms with van der Waals surface area (Å²) >= 11 is 0. The summed E-state index contributed by atoms with van der Waals surface area (Å²) in [5.41, 5.74) is 9.09. The maximum absolute atomic E-state index is 12.1. The van der Waals surface area contributed by atoms with Gasteiger partial charge in [-0.05, 0) is 44.5 Å². The third-order valence-corrected chi connectivity index (χ3v) is 2.81. The normalized spacial score (nSPS) is 10.3. The second-order valence-corrected chi connectivity index (χ2v) is 4.33. The molecular weight excluding hydrogens is 242 g/mol. The molecule has 1 aromatic heterocycles. The lowest BCUT2D eigenvalue weighted by molar-refractivity contribution is 0.102. The van der Waals surface area contributed by atoms with E-state index in [1.54, 1.807) is 18.2 Å². The number of carbonyl (C=O) groups is 1. The maximum Gasteiger partial charge on any atom is 0.258 e. The van der Waals surface area contributed by atoms with Crippen molar-refractivity contribution in [3.05, 3.63) is 40.7 Å². The summed E-state index contributed by atoms with van der Waals surface area (Å²) in [5.74, 6) is -0.0770. The van der Waals surface area contributed by atoms with Gasteiger partial charge in [-0.25, -0.2) is 4.98 Å². The Balaban J connectivity index is 2.23. The van der Waals surface area contributed by atoms with Crippen molar-refractivity contribution < 1.29 is 4.79 Å². The number of hydrogen-bond acceptors (Lipinski definition) is 5. The number of aryl methyl sites for hydroxylation is 3. The molecule has 0 unspecified atom stereocenters. The molecule has 0 radical (unpaired) electrons. The van der Waals surface area contributed by atoms with E-state index in [4.69, 9.17) is 5.73 Å². The monoisotopic (exact) mass is 257 g/mol. The van der Waals surface area contributed by atoms with E-state index in [9.17, 15) is 4.79 Å². The van der Waals surface area contributed by atoms with Gasteiger partial charge in [-0.3, -0.25) is 10.1 Å². The molecule has 1 heterocycles. The minimum atomic E-state index is -0.275. The number of aromatic nitrogens is 3. The molecule has 0 atom stereocenters. The van der Waals surface area contributed by atoms with Gasteiger partial charge in [0.25, 0.3) is 5.91 Å². The van der Waals surface area contributed by atoms with Crippen LogP contribution in [0.2, 0.25) is 0 Å². The first-order chi connectivity index (χ1) is 8.97. The average molecular weight is 257 g/mol. The summed E-state index contributed by atoms with van der Waals surface area (Å²) in [5, 5.41) is 10.4. The Morgan fingerprint density at radius 1 is 1.16 bits per heavy atom. The SMILES string of the molecule is Cc1cc(N)ccc1C(=O)Nc1nnc(C)c(C)n1. The van der Waals surface area contributed by atoms with Crippen LogP contribution < -0.4 is 11.1 Å². The van der Waals surface area contributed by atoms with Gasteiger partial charge in [-0.15, -0.1) is 5.10 Å². The molecule has 0 fully saturated rings. The van der Waals surface area contributed by atoms with Crippen molar-refractivity contribution in [2.75, 3.05) is 11.1 Å². The number of rotatable bonds is 2. The highest BCUT2D eigenvalue weighted by atomic mass is 16.1. The highest BCUT2D eigenvalue weighted by molar-refractivity contribution is 6.04. The molecule has 0 aliphatic rings. The lowest BCUT2D eigenvalue weighted by atomic mass is 10.1. The molecule has 0 aliphatic carbocycles. The Bertz CT molecular complexity index is 639. The minimum absolute atomic E-state index is 0.198. The largest absolute Gasteiger partial charge is 0.399 e. The Morgan fingerprint density at radius 3 is 2.53 bits per heavy atom. The van der Waals surface area contributed by atoms with E-state index in [1.807, 2.05) is 20.8 Å². The number of amides is 1. The third kappa shape index (κ3) is 2.85. The Kier molecular flexibility index (Phi) is 3.41. The van der Waals surface area contributed by atoms with E-state index in [2.05, 4.69) is 20.5 Å². The Labute approximate surface area is 111 Å². The number of benzene rings is 1. The van der Waals surface area contributed by atoms with Crippen molar-refractivity contribution in [1.82, 2.24) is 15.2 Å². The van der Waals surface area contributed by atoms with Crippen molar-refractivity contribution in [2.24, 2.45) is 0 Å². The fraction of sp³-hybridized carbons (Fsp3) is 0.231. The van der Waals surface area contributed by atoms with Crippen LogP contribution in [-0.4, -0.2) is 21.1 Å². The van der Waals surface area contributed by atoms with Crippen LogP contribution in [0.3, 0.4) is 0 Å². The van der Waals surface area contributed by atoms with E-state index < -0.39 is 0 Å². The highest BCUT2D eigenvalue weighted by Gasteiger charge is 2.11. The molecule has 0 bridgehead atoms. The minimum Gasteiger partial charge on any atom is -0.399 e. The van der Waals surface area contributed by atoms with Gasteiger partial charge in [0.1, 0.15) is 0 Å². The number of carbonyl (C=O) groups excluding carboxylic acids is 1. The lowest BCUT2D eigenvalue weighted by Gasteiger charge is -2.07. The van der Waals surface area contributed by atoms with E-state index in [1.165, 1.54) is 0 Å². The number of anilines is 2. The summed E-state index contributed by atoms with van der Waals surface area (Å²) < 4.78 is 0. The van der Waals surface area contributed by atoms with Crippen LogP contribution in [0.5, 0.6) is 0 Å². The van der Waals surface area contributed by atoms with Gasteiger partial charge < -0.3 is 5.73 Å². The molecular formula is C13H15N5O. The molecule has 19 heavy (non-hydrogen) atoms. The second-order valence-electron chi connectivity index (χ2n) is 4.33. The topological polar surface area (TPSA) is 93.8 Å². The summed E-state index contributed by atoms with van der Waals surface area (Å²) in [6.07, 6.45) is 0. The average Bonchev–Trinajstić information content (AvgIpc) is 2.33. The third-order valence-electron chi connectivity index (χ3n) is 2.81. The van der Waals surface area contributed by atoms with E-state index in [0.29, 0.717) is 11.3 Å². The predicted octanol–water partition coefficient (Wildman–Crippen LogP) is 1.63. The molecule has 3 N–H and O–H groups in total. The van der Waals surface area contributed by atoms with Crippen molar-refractivity contribution in [3.8, 4) is 0 Å². The van der Waals surface area contributed by atoms with Crippen molar-refractivity contribution in [1.29, 1.82) is 0 Å². The van der Waals surface area contributed by atoms with Gasteiger partial charge >= 0.3 is 0 Å². The molecule has 0 saturated heterocycles. The van der Waals surface area contributed by atoms with Crippen LogP contribution in [0.4, 0.5) is 11.6 Å². The van der Waals surface area contributed by atoms with Crippen LogP contribution in [0.15, 0.2) is 18.2 Å². The Morgan fingerprint density at radius 2 is 1.89 bits per heavy atom. The van der Waals surface area contributed by atoms with Crippen LogP contribution in [0.1, 0.15) is 27.3 Å². The van der Waals surface area contributed by atoms with Crippen LogP contribution in [-0.2, 0) is 0 Å². The van der Waals surface area contributed by atoms with Gasteiger partial charge in [-0.1, -0.05) is 0 Å². The first-order valence-corrected chi connectivity index (χ1v) is 5.83. The summed E-state index contributed by atoms with van der Waals surface area (Å²) in [6.45, 7) is 5.45. The number of nitrogens with zero attached hydrogens (tertiary/aromatic N) is 3. The zero-order valence-corrected chi connectivity index (χ0v) is 11.1. The first-order valence-electron chi connectivity index (χ1n) is 5.83. The fourth-order valence-corrected chi connectivity index (χ4v) is 1.62. The molecule has 2 aromatic rings. The summed E-state index contributed by atoms with van der Waals surface area (Å²) in [7, 11) is 0. The molecule has 0 saturated carbocycles. The zero-order chi connectivity index (χ0) is 14.0. The molecule has 0 spiro atoms. The van der Waals surface area contributed by atoms with Gasteiger partial charge in [0, 0.05) is 11.3 Å². The summed E-state index contributed by atoms with van der Waals surface area (Å²) in [6, 6.07) is 5.10. The second kappa shape index (κ2) is 5.01. The van der Waals surface area contributed by atoms with Gasteiger partial charge in [0.15, 0.2) is 0 Å². The van der Waals surface area contributed by atoms with Crippen LogP contribution >= 0.6 is 0 Å². The van der Waals surface area contributed by atoms with Gasteiger partial charge in [0.2, 0.25) is 5.95 Å². The molecule has 6 heteroatoms. The van der Waals surface area contributed by atoms with E-state index in [-0.39, 0.29) is 11.9 Å². The number of hydrogen-bond donors (Lipinski definition) is 2. The smallest absolute Gasteiger partial charge is 0.258 e. The number of nitrogens with one attached hydrogen (secondary N) is 1. The lowest BCUT2D eigenvalue weighted by Crippen LogP contribution is -2.16. The molecule has 0 aliphatic heterocycles. The van der Waals surface area contributed by atoms with Gasteiger partial charge in [-0.2, -0.15) is 5.10 Å². The maximum atomic E-state index is 12.1. The van der Waals surface area contributed by atoms with Gasteiger partial charge in [0.05, 0.1) is 11.4 Å². The van der Waals surface area contributed by atoms with Crippen molar-refractivity contribution in [3.63, 3.8) is 0 Å². The molecule has 98 valence electrons. The fourth-order valence-electron chi connectivity index (χ4n) is 1.62. The molecule has 2 rings (SSSR count). The number of nitrogens with two attached hydrogens (primary N) is 1. The van der Waals surface area contributed by atoms with Crippen molar-refractivity contribution in [2.45, 2.75) is 20.8 Å². The van der Waals surface area contributed by atoms with Crippen molar-refractivity contribution >= 4 is 17.5 Å². The van der Waals surface area contributed by atoms with Crippen LogP contribution in [0, 0.1) is 20.8 Å². The standard InChI is InChI=1S/C13H15N5O/c1-7-6-10(14)4-5-11(7)12(19)16-13-15-8(2)9(3)17-18-13/h4-6H,14H2,1-3H3,(H,15,16,18,19). The zero-order valence-electron chi connectivity index (χ0n) is 11.1. The van der Waals surface area contributed by atoms with Crippen LogP contribution in [0.25, 0.3) is 0 Å². The highest BCUT2D eigenvalue weighted by Crippen LogP contribution is 2.13. The first kappa shape index (κ1) is 12.9. The predicted molar refractivity (Wildman–Crippen MR) is 72.8 cm³/mol. The molecule has 1 aromatic carbocycles. The Hall–Kier alpha value is -2.50. The van der Waals surface area contributed by atoms with E-state index in [0.717, 1.165) is 17.0 Å². The molecule has 1 amide bonds. The van der Waals surface area contributed by atoms with E-state index >= 15 is 0 Å². The number of nitrogen functional groups attached to an aromatic ring is 1. The molecule has 6 nitrogen and oxygen atoms in total. The quantitative estimate of drug-likeness (QED) is 0.797.